The Morgan fingerprint density at radius 2 is 1.78 bits per heavy atom. The smallest absolute Gasteiger partial charge is 0.241 e. The van der Waals surface area contributed by atoms with E-state index < -0.39 is 10.0 Å². The zero-order valence-electron chi connectivity index (χ0n) is 15.2. The molecule has 0 saturated carbocycles. The Hall–Kier alpha value is -1.73. The van der Waals surface area contributed by atoms with E-state index >= 15 is 0 Å². The largest absolute Gasteiger partial charge is 0.295 e. The summed E-state index contributed by atoms with van der Waals surface area (Å²) in [4.78, 5) is 2.76. The Morgan fingerprint density at radius 3 is 2.56 bits per heavy atom. The second-order valence-corrected chi connectivity index (χ2v) is 9.51. The maximum absolute atomic E-state index is 13.1. The molecule has 0 radical (unpaired) electrons. The van der Waals surface area contributed by atoms with Crippen LogP contribution in [-0.4, -0.2) is 33.0 Å². The Bertz CT molecular complexity index is 989. The molecule has 1 aliphatic heterocycles. The molecule has 1 saturated heterocycles. The number of fused-ring (bicyclic) bond motifs is 1. The number of rotatable bonds is 6. The fourth-order valence-corrected chi connectivity index (χ4v) is 5.82. The average Bonchev–Trinajstić information content (AvgIpc) is 3.23. The van der Waals surface area contributed by atoms with Gasteiger partial charge >= 0.3 is 0 Å². The van der Waals surface area contributed by atoms with E-state index in [1.54, 1.807) is 23.5 Å². The number of likely N-dealkylation sites (tertiary alicyclic amines) is 1. The van der Waals surface area contributed by atoms with Crippen LogP contribution in [0, 0.1) is 0 Å². The summed E-state index contributed by atoms with van der Waals surface area (Å²) in [5, 5.41) is 5.89. The number of hydrogen-bond acceptors (Lipinski definition) is 4. The van der Waals surface area contributed by atoms with E-state index in [1.165, 1.54) is 24.8 Å². The van der Waals surface area contributed by atoms with E-state index in [-0.39, 0.29) is 6.04 Å². The van der Waals surface area contributed by atoms with Gasteiger partial charge in [-0.15, -0.1) is 0 Å². The molecule has 6 heteroatoms. The van der Waals surface area contributed by atoms with Crippen molar-refractivity contribution in [1.82, 2.24) is 9.62 Å². The van der Waals surface area contributed by atoms with E-state index in [4.69, 9.17) is 0 Å². The van der Waals surface area contributed by atoms with Crippen LogP contribution in [0.25, 0.3) is 10.8 Å². The maximum Gasteiger partial charge on any atom is 0.241 e. The van der Waals surface area contributed by atoms with E-state index in [0.717, 1.165) is 23.9 Å². The summed E-state index contributed by atoms with van der Waals surface area (Å²) < 4.78 is 29.0. The van der Waals surface area contributed by atoms with Gasteiger partial charge in [-0.2, -0.15) is 11.3 Å². The molecule has 0 bridgehead atoms. The Balaban J connectivity index is 1.59. The van der Waals surface area contributed by atoms with Crippen LogP contribution >= 0.6 is 11.3 Å². The van der Waals surface area contributed by atoms with Crippen LogP contribution in [0.1, 0.15) is 30.9 Å². The molecule has 142 valence electrons. The zero-order valence-corrected chi connectivity index (χ0v) is 16.8. The third-order valence-electron chi connectivity index (χ3n) is 5.27. The van der Waals surface area contributed by atoms with E-state index in [0.29, 0.717) is 11.4 Å². The molecule has 4 nitrogen and oxygen atoms in total. The number of benzene rings is 2. The lowest BCUT2D eigenvalue weighted by atomic mass is 10.0. The van der Waals surface area contributed by atoms with Gasteiger partial charge in [0.05, 0.1) is 4.90 Å². The summed E-state index contributed by atoms with van der Waals surface area (Å²) in [5.74, 6) is 0. The standard InChI is InChI=1S/C21H24N2O2S2/c24-27(25,21-10-6-8-17-7-2-3-9-19(17)21)22-15-20(18-11-14-26-16-18)23-12-4-1-5-13-23/h2-3,6-11,14,16,20,22H,1,4-5,12-13,15H2. The number of nitrogens with zero attached hydrogens (tertiary/aromatic N) is 1. The van der Waals surface area contributed by atoms with Gasteiger partial charge in [-0.05, 0) is 59.8 Å². The lowest BCUT2D eigenvalue weighted by Crippen LogP contribution is -2.40. The Morgan fingerprint density at radius 1 is 1.00 bits per heavy atom. The van der Waals surface area contributed by atoms with Gasteiger partial charge < -0.3 is 0 Å². The molecule has 2 aromatic carbocycles. The van der Waals surface area contributed by atoms with Gasteiger partial charge in [0.25, 0.3) is 0 Å². The molecular formula is C21H24N2O2S2. The number of thiophene rings is 1. The van der Waals surface area contributed by atoms with E-state index in [2.05, 4.69) is 26.4 Å². The molecular weight excluding hydrogens is 376 g/mol. The second kappa shape index (κ2) is 8.10. The van der Waals surface area contributed by atoms with Crippen molar-refractivity contribution >= 4 is 32.1 Å². The molecule has 0 spiro atoms. The highest BCUT2D eigenvalue weighted by Gasteiger charge is 2.25. The number of nitrogens with one attached hydrogen (secondary N) is 1. The number of sulfonamides is 1. The monoisotopic (exact) mass is 400 g/mol. The van der Waals surface area contributed by atoms with Gasteiger partial charge in [0.2, 0.25) is 10.0 Å². The van der Waals surface area contributed by atoms with Crippen molar-refractivity contribution in [2.75, 3.05) is 19.6 Å². The van der Waals surface area contributed by atoms with Crippen molar-refractivity contribution < 1.29 is 8.42 Å². The first-order valence-electron chi connectivity index (χ1n) is 9.39. The highest BCUT2D eigenvalue weighted by Crippen LogP contribution is 2.27. The molecule has 1 N–H and O–H groups in total. The lowest BCUT2D eigenvalue weighted by Gasteiger charge is -2.34. The van der Waals surface area contributed by atoms with Crippen molar-refractivity contribution in [3.63, 3.8) is 0 Å². The van der Waals surface area contributed by atoms with Gasteiger partial charge in [0, 0.05) is 18.0 Å². The second-order valence-electron chi connectivity index (χ2n) is 7.00. The van der Waals surface area contributed by atoms with Crippen LogP contribution < -0.4 is 4.72 Å². The normalized spacial score (nSPS) is 17.2. The maximum atomic E-state index is 13.1. The minimum absolute atomic E-state index is 0.0845. The predicted molar refractivity (Wildman–Crippen MR) is 112 cm³/mol. The van der Waals surface area contributed by atoms with Crippen LogP contribution in [0.2, 0.25) is 0 Å². The van der Waals surface area contributed by atoms with Crippen molar-refractivity contribution in [2.45, 2.75) is 30.2 Å². The molecule has 1 fully saturated rings. The molecule has 3 aromatic rings. The van der Waals surface area contributed by atoms with Crippen molar-refractivity contribution in [1.29, 1.82) is 0 Å². The van der Waals surface area contributed by atoms with Crippen LogP contribution in [0.5, 0.6) is 0 Å². The fraction of sp³-hybridized carbons (Fsp3) is 0.333. The quantitative estimate of drug-likeness (QED) is 0.667. The van der Waals surface area contributed by atoms with E-state index in [9.17, 15) is 8.42 Å². The number of piperidine rings is 1. The summed E-state index contributed by atoms with van der Waals surface area (Å²) in [7, 11) is -3.58. The van der Waals surface area contributed by atoms with Gasteiger partial charge in [-0.3, -0.25) is 4.90 Å². The summed E-state index contributed by atoms with van der Waals surface area (Å²) in [6.07, 6.45) is 3.61. The first-order valence-corrected chi connectivity index (χ1v) is 11.8. The lowest BCUT2D eigenvalue weighted by molar-refractivity contribution is 0.165. The molecule has 2 heterocycles. The highest BCUT2D eigenvalue weighted by molar-refractivity contribution is 7.89. The van der Waals surface area contributed by atoms with Crippen LogP contribution in [0.4, 0.5) is 0 Å². The third-order valence-corrected chi connectivity index (χ3v) is 7.45. The van der Waals surface area contributed by atoms with Gasteiger partial charge in [0.1, 0.15) is 0 Å². The SMILES string of the molecule is O=S(=O)(NCC(c1ccsc1)N1CCCCC1)c1cccc2ccccc12. The van der Waals surface area contributed by atoms with Crippen LogP contribution in [0.3, 0.4) is 0 Å². The molecule has 1 aromatic heterocycles. The summed E-state index contributed by atoms with van der Waals surface area (Å²) in [6.45, 7) is 2.44. The summed E-state index contributed by atoms with van der Waals surface area (Å²) >= 11 is 1.66. The summed E-state index contributed by atoms with van der Waals surface area (Å²) in [5.41, 5.74) is 1.20. The fourth-order valence-electron chi connectivity index (χ4n) is 3.85. The molecule has 1 unspecified atom stereocenters. The Labute approximate surface area is 164 Å². The summed E-state index contributed by atoms with van der Waals surface area (Å²) in [6, 6.07) is 15.2. The molecule has 27 heavy (non-hydrogen) atoms. The molecule has 0 amide bonds. The van der Waals surface area contributed by atoms with Gasteiger partial charge in [0.15, 0.2) is 0 Å². The van der Waals surface area contributed by atoms with E-state index in [1.807, 2.05) is 30.3 Å². The predicted octanol–water partition coefficient (Wildman–Crippen LogP) is 4.41. The zero-order chi connectivity index (χ0) is 18.7. The minimum atomic E-state index is -3.58. The molecule has 1 aliphatic rings. The van der Waals surface area contributed by atoms with Crippen molar-refractivity contribution in [3.8, 4) is 0 Å². The minimum Gasteiger partial charge on any atom is -0.295 e. The van der Waals surface area contributed by atoms with Crippen molar-refractivity contribution in [2.24, 2.45) is 0 Å². The van der Waals surface area contributed by atoms with Crippen LogP contribution in [0.15, 0.2) is 64.2 Å². The molecule has 0 aliphatic carbocycles. The first kappa shape index (κ1) is 18.6. The highest BCUT2D eigenvalue weighted by atomic mass is 32.2. The average molecular weight is 401 g/mol. The van der Waals surface area contributed by atoms with Gasteiger partial charge in [-0.1, -0.05) is 42.8 Å². The van der Waals surface area contributed by atoms with Gasteiger partial charge in [-0.25, -0.2) is 13.1 Å². The number of hydrogen-bond donors (Lipinski definition) is 1. The van der Waals surface area contributed by atoms with Crippen LogP contribution in [-0.2, 0) is 10.0 Å². The first-order chi connectivity index (χ1) is 13.1. The third kappa shape index (κ3) is 4.09. The molecule has 4 rings (SSSR count). The Kier molecular flexibility index (Phi) is 5.59. The molecule has 1 atom stereocenters. The van der Waals surface area contributed by atoms with Crippen molar-refractivity contribution in [3.05, 3.63) is 64.9 Å². The topological polar surface area (TPSA) is 49.4 Å².